The quantitative estimate of drug-likeness (QED) is 0.207. The van der Waals surface area contributed by atoms with Gasteiger partial charge in [0, 0.05) is 11.7 Å². The van der Waals surface area contributed by atoms with E-state index in [9.17, 15) is 13.2 Å². The highest BCUT2D eigenvalue weighted by molar-refractivity contribution is 7.92. The molecule has 1 heterocycles. The Kier molecular flexibility index (Phi) is 11.0. The maximum atomic E-state index is 13.9. The number of para-hydroxylation sites is 1. The van der Waals surface area contributed by atoms with Gasteiger partial charge in [0.1, 0.15) is 18.0 Å². The second-order valence-electron chi connectivity index (χ2n) is 14.5. The fourth-order valence-corrected chi connectivity index (χ4v) is 7.76. The average Bonchev–Trinajstić information content (AvgIpc) is 3.39. The molecule has 0 aromatic heterocycles. The van der Waals surface area contributed by atoms with Crippen LogP contribution in [-0.4, -0.2) is 58.1 Å². The number of likely N-dealkylation sites (tertiary alicyclic amines) is 1. The monoisotopic (exact) mass is 666 g/mol. The van der Waals surface area contributed by atoms with Crippen molar-refractivity contribution in [3.05, 3.63) is 90.5 Å². The maximum absolute atomic E-state index is 13.9. The van der Waals surface area contributed by atoms with Gasteiger partial charge in [0.05, 0.1) is 17.0 Å². The van der Waals surface area contributed by atoms with Crippen LogP contribution in [-0.2, 0) is 25.6 Å². The molecule has 250 valence electrons. The van der Waals surface area contributed by atoms with Crippen LogP contribution < -0.4 is 9.46 Å². The zero-order chi connectivity index (χ0) is 33.8. The van der Waals surface area contributed by atoms with E-state index >= 15 is 0 Å². The summed E-state index contributed by atoms with van der Waals surface area (Å²) in [4.78, 5) is 16.0. The van der Waals surface area contributed by atoms with Crippen LogP contribution in [0.15, 0.2) is 89.8 Å². The first-order valence-corrected chi connectivity index (χ1v) is 20.4. The Morgan fingerprint density at radius 3 is 2.04 bits per heavy atom. The highest BCUT2D eigenvalue weighted by Crippen LogP contribution is 2.40. The summed E-state index contributed by atoms with van der Waals surface area (Å²) in [6.45, 7) is 17.0. The van der Waals surface area contributed by atoms with Crippen LogP contribution in [0.2, 0.25) is 18.1 Å². The van der Waals surface area contributed by atoms with Crippen LogP contribution >= 0.6 is 0 Å². The molecule has 1 saturated heterocycles. The Balaban J connectivity index is 1.58. The van der Waals surface area contributed by atoms with E-state index in [2.05, 4.69) is 38.6 Å². The molecule has 1 N–H and O–H groups in total. The van der Waals surface area contributed by atoms with Gasteiger partial charge in [-0.3, -0.25) is 9.62 Å². The molecular formula is C36H50N2O6SSi. The Morgan fingerprint density at radius 2 is 1.48 bits per heavy atom. The second-order valence-corrected chi connectivity index (χ2v) is 21.0. The Labute approximate surface area is 276 Å². The van der Waals surface area contributed by atoms with Crippen molar-refractivity contribution in [3.8, 4) is 5.75 Å². The number of benzene rings is 3. The van der Waals surface area contributed by atoms with Gasteiger partial charge in [-0.05, 0) is 100 Å². The highest BCUT2D eigenvalue weighted by Gasteiger charge is 2.47. The summed E-state index contributed by atoms with van der Waals surface area (Å²) in [6, 6.07) is 24.9. The van der Waals surface area contributed by atoms with Gasteiger partial charge in [0.25, 0.3) is 10.0 Å². The summed E-state index contributed by atoms with van der Waals surface area (Å²) in [5.74, 6) is 0.757. The molecule has 0 radical (unpaired) electrons. The van der Waals surface area contributed by atoms with Gasteiger partial charge in [-0.2, -0.15) is 0 Å². The molecule has 1 fully saturated rings. The van der Waals surface area contributed by atoms with Crippen LogP contribution in [0, 0.1) is 0 Å². The van der Waals surface area contributed by atoms with E-state index in [0.29, 0.717) is 18.7 Å². The Bertz CT molecular complexity index is 1540. The molecule has 1 aliphatic heterocycles. The van der Waals surface area contributed by atoms with Gasteiger partial charge in [-0.1, -0.05) is 69.3 Å². The van der Waals surface area contributed by atoms with Gasteiger partial charge in [-0.15, -0.1) is 0 Å². The van der Waals surface area contributed by atoms with Crippen LogP contribution in [0.3, 0.4) is 0 Å². The summed E-state index contributed by atoms with van der Waals surface area (Å²) in [6.07, 6.45) is 1.39. The minimum Gasteiger partial charge on any atom is -0.491 e. The zero-order valence-corrected chi connectivity index (χ0v) is 30.3. The fourth-order valence-electron chi connectivity index (χ4n) is 5.35. The molecule has 0 unspecified atom stereocenters. The third-order valence-corrected chi connectivity index (χ3v) is 14.6. The minimum atomic E-state index is -3.70. The number of nitrogens with one attached hydrogen (secondary N) is 1. The second kappa shape index (κ2) is 14.2. The normalized spacial score (nSPS) is 18.2. The molecule has 3 aromatic rings. The first-order valence-electron chi connectivity index (χ1n) is 16.0. The predicted octanol–water partition coefficient (Wildman–Crippen LogP) is 8.27. The van der Waals surface area contributed by atoms with Gasteiger partial charge in [0.15, 0.2) is 8.32 Å². The standard InChI is InChI=1S/C36H50N2O6SSi/c1-35(2,3)43-34(39)38-29(25-27-19-21-28(22-20-27)37-45(40,41)31-17-13-10-14-18-31)23-24-32(38)33(44-46(7,8)36(4,5)6)26-42-30-15-11-9-12-16-30/h9-22,29,32-33,37H,23-26H2,1-8H3/t29-,32-,33-/m1/s1. The van der Waals surface area contributed by atoms with E-state index in [1.165, 1.54) is 0 Å². The maximum Gasteiger partial charge on any atom is 0.410 e. The molecule has 1 amide bonds. The SMILES string of the molecule is CC(C)(C)OC(=O)N1[C@@H](Cc2ccc(NS(=O)(=O)c3ccccc3)cc2)CC[C@@H]1[C@@H](COc1ccccc1)O[Si](C)(C)C(C)(C)C. The zero-order valence-electron chi connectivity index (χ0n) is 28.4. The van der Waals surface area contributed by atoms with Crippen molar-refractivity contribution in [2.45, 2.75) is 108 Å². The molecule has 3 aromatic carbocycles. The van der Waals surface area contributed by atoms with Crippen molar-refractivity contribution in [1.82, 2.24) is 4.90 Å². The number of sulfonamides is 1. The molecule has 46 heavy (non-hydrogen) atoms. The van der Waals surface area contributed by atoms with Crippen molar-refractivity contribution < 1.29 is 27.1 Å². The number of hydrogen-bond acceptors (Lipinski definition) is 6. The largest absolute Gasteiger partial charge is 0.491 e. The number of rotatable bonds is 11. The molecule has 8 nitrogen and oxygen atoms in total. The lowest BCUT2D eigenvalue weighted by atomic mass is 10.0. The lowest BCUT2D eigenvalue weighted by Gasteiger charge is -2.43. The van der Waals surface area contributed by atoms with E-state index in [1.54, 1.807) is 42.5 Å². The smallest absolute Gasteiger partial charge is 0.410 e. The molecule has 0 spiro atoms. The van der Waals surface area contributed by atoms with Crippen LogP contribution in [0.1, 0.15) is 59.9 Å². The van der Waals surface area contributed by atoms with Crippen LogP contribution in [0.4, 0.5) is 10.5 Å². The lowest BCUT2D eigenvalue weighted by Crippen LogP contribution is -2.55. The van der Waals surface area contributed by atoms with Crippen molar-refractivity contribution in [2.75, 3.05) is 11.3 Å². The van der Waals surface area contributed by atoms with Crippen LogP contribution in [0.25, 0.3) is 0 Å². The third kappa shape index (κ3) is 9.36. The van der Waals surface area contributed by atoms with Crippen molar-refractivity contribution >= 4 is 30.1 Å². The van der Waals surface area contributed by atoms with E-state index in [-0.39, 0.29) is 34.2 Å². The first-order chi connectivity index (χ1) is 21.5. The number of nitrogens with zero attached hydrogens (tertiary/aromatic N) is 1. The number of carbonyl (C=O) groups excluding carboxylic acids is 1. The number of hydrogen-bond donors (Lipinski definition) is 1. The number of anilines is 1. The molecule has 4 rings (SSSR count). The molecule has 0 bridgehead atoms. The van der Waals surface area contributed by atoms with Crippen LogP contribution in [0.5, 0.6) is 5.75 Å². The van der Waals surface area contributed by atoms with Gasteiger partial charge in [0.2, 0.25) is 0 Å². The summed E-state index contributed by atoms with van der Waals surface area (Å²) < 4.78 is 47.5. The van der Waals surface area contributed by atoms with E-state index in [0.717, 1.165) is 24.2 Å². The summed E-state index contributed by atoms with van der Waals surface area (Å²) in [5, 5.41) is -0.0312. The van der Waals surface area contributed by atoms with E-state index < -0.39 is 23.9 Å². The summed E-state index contributed by atoms with van der Waals surface area (Å²) >= 11 is 0. The molecule has 0 aliphatic carbocycles. The van der Waals surface area contributed by atoms with Gasteiger partial charge >= 0.3 is 6.09 Å². The van der Waals surface area contributed by atoms with Crippen molar-refractivity contribution in [3.63, 3.8) is 0 Å². The molecule has 1 aliphatic rings. The van der Waals surface area contributed by atoms with E-state index in [1.807, 2.05) is 68.1 Å². The van der Waals surface area contributed by atoms with Gasteiger partial charge < -0.3 is 13.9 Å². The number of ether oxygens (including phenoxy) is 2. The molecule has 0 saturated carbocycles. The Morgan fingerprint density at radius 1 is 0.891 bits per heavy atom. The number of carbonyl (C=O) groups is 1. The minimum absolute atomic E-state index is 0.0312. The topological polar surface area (TPSA) is 94.2 Å². The summed E-state index contributed by atoms with van der Waals surface area (Å²) in [7, 11) is -5.94. The average molecular weight is 667 g/mol. The molecule has 10 heteroatoms. The highest BCUT2D eigenvalue weighted by atomic mass is 32.2. The molecule has 3 atom stereocenters. The first kappa shape index (κ1) is 35.5. The van der Waals surface area contributed by atoms with Crippen molar-refractivity contribution in [1.29, 1.82) is 0 Å². The third-order valence-electron chi connectivity index (χ3n) is 8.72. The van der Waals surface area contributed by atoms with Gasteiger partial charge in [-0.25, -0.2) is 13.2 Å². The van der Waals surface area contributed by atoms with Crippen molar-refractivity contribution in [2.24, 2.45) is 0 Å². The predicted molar refractivity (Wildman–Crippen MR) is 186 cm³/mol. The fraction of sp³-hybridized carbons (Fsp3) is 0.472. The Hall–Kier alpha value is -3.34. The summed E-state index contributed by atoms with van der Waals surface area (Å²) in [5.41, 5.74) is 0.800. The van der Waals surface area contributed by atoms with E-state index in [4.69, 9.17) is 13.9 Å². The lowest BCUT2D eigenvalue weighted by molar-refractivity contribution is -0.00945. The molecular weight excluding hydrogens is 617 g/mol. The number of amides is 1.